The zero-order valence-corrected chi connectivity index (χ0v) is 10.5. The average molecular weight is 251 g/mol. The molecule has 1 aromatic carbocycles. The Labute approximate surface area is 110 Å². The van der Waals surface area contributed by atoms with Gasteiger partial charge in [0.2, 0.25) is 0 Å². The van der Waals surface area contributed by atoms with Crippen molar-refractivity contribution in [3.8, 4) is 0 Å². The summed E-state index contributed by atoms with van der Waals surface area (Å²) in [7, 11) is 0. The molecule has 0 aliphatic carbocycles. The second kappa shape index (κ2) is 4.57. The van der Waals surface area contributed by atoms with E-state index in [2.05, 4.69) is 15.3 Å². The van der Waals surface area contributed by atoms with E-state index < -0.39 is 0 Å². The molecule has 0 radical (unpaired) electrons. The molecule has 94 valence electrons. The standard InChI is InChI=1S/C15H13N3O/c1-10-6-13(9-16-8-10)18-15(19)12-2-3-14-11(7-12)4-5-17-14/h2-9,17H,1H3,(H,18,19). The summed E-state index contributed by atoms with van der Waals surface area (Å²) in [6, 6.07) is 9.40. The van der Waals surface area contributed by atoms with Crippen molar-refractivity contribution >= 4 is 22.5 Å². The molecule has 2 N–H and O–H groups in total. The van der Waals surface area contributed by atoms with Crippen LogP contribution in [0.15, 0.2) is 48.9 Å². The Bertz CT molecular complexity index is 746. The van der Waals surface area contributed by atoms with E-state index in [0.717, 1.165) is 16.5 Å². The third-order valence-corrected chi connectivity index (χ3v) is 2.95. The number of hydrogen-bond donors (Lipinski definition) is 2. The van der Waals surface area contributed by atoms with Gasteiger partial charge in [0, 0.05) is 28.9 Å². The number of amides is 1. The van der Waals surface area contributed by atoms with E-state index in [4.69, 9.17) is 0 Å². The van der Waals surface area contributed by atoms with Gasteiger partial charge in [-0.25, -0.2) is 0 Å². The quantitative estimate of drug-likeness (QED) is 0.735. The van der Waals surface area contributed by atoms with Crippen LogP contribution in [-0.2, 0) is 0 Å². The molecule has 0 spiro atoms. The Morgan fingerprint density at radius 3 is 2.95 bits per heavy atom. The van der Waals surface area contributed by atoms with E-state index in [1.54, 1.807) is 18.5 Å². The number of aromatic amines is 1. The number of aryl methyl sites for hydroxylation is 1. The predicted octanol–water partition coefficient (Wildman–Crippen LogP) is 3.12. The van der Waals surface area contributed by atoms with Crippen LogP contribution in [0, 0.1) is 6.92 Å². The van der Waals surface area contributed by atoms with Crippen molar-refractivity contribution in [2.24, 2.45) is 0 Å². The fourth-order valence-corrected chi connectivity index (χ4v) is 2.02. The predicted molar refractivity (Wildman–Crippen MR) is 75.2 cm³/mol. The van der Waals surface area contributed by atoms with Crippen molar-refractivity contribution in [2.45, 2.75) is 6.92 Å². The van der Waals surface area contributed by atoms with Crippen molar-refractivity contribution in [1.82, 2.24) is 9.97 Å². The Morgan fingerprint density at radius 2 is 2.11 bits per heavy atom. The van der Waals surface area contributed by atoms with Crippen LogP contribution in [0.3, 0.4) is 0 Å². The molecule has 4 heteroatoms. The van der Waals surface area contributed by atoms with Crippen LogP contribution in [0.1, 0.15) is 15.9 Å². The topological polar surface area (TPSA) is 57.8 Å². The molecule has 0 aliphatic heterocycles. The minimum Gasteiger partial charge on any atom is -0.361 e. The first kappa shape index (κ1) is 11.5. The number of hydrogen-bond acceptors (Lipinski definition) is 2. The number of nitrogens with one attached hydrogen (secondary N) is 2. The summed E-state index contributed by atoms with van der Waals surface area (Å²) in [6.45, 7) is 1.94. The van der Waals surface area contributed by atoms with Gasteiger partial charge in [-0.15, -0.1) is 0 Å². The van der Waals surface area contributed by atoms with Crippen LogP contribution < -0.4 is 5.32 Å². The highest BCUT2D eigenvalue weighted by molar-refractivity contribution is 6.06. The maximum absolute atomic E-state index is 12.1. The van der Waals surface area contributed by atoms with Gasteiger partial charge in [-0.1, -0.05) is 0 Å². The van der Waals surface area contributed by atoms with Gasteiger partial charge in [0.05, 0.1) is 11.9 Å². The summed E-state index contributed by atoms with van der Waals surface area (Å²) in [6.07, 6.45) is 5.25. The summed E-state index contributed by atoms with van der Waals surface area (Å²) < 4.78 is 0. The van der Waals surface area contributed by atoms with Crippen LogP contribution in [-0.4, -0.2) is 15.9 Å². The Balaban J connectivity index is 1.87. The number of benzene rings is 1. The second-order valence-electron chi connectivity index (χ2n) is 4.48. The number of aromatic nitrogens is 2. The molecule has 0 saturated carbocycles. The molecule has 0 unspecified atom stereocenters. The van der Waals surface area contributed by atoms with Gasteiger partial charge in [-0.2, -0.15) is 0 Å². The molecule has 0 saturated heterocycles. The van der Waals surface area contributed by atoms with E-state index in [0.29, 0.717) is 11.3 Å². The number of rotatable bonds is 2. The molecule has 19 heavy (non-hydrogen) atoms. The van der Waals surface area contributed by atoms with E-state index in [-0.39, 0.29) is 5.91 Å². The van der Waals surface area contributed by atoms with Crippen LogP contribution in [0.25, 0.3) is 10.9 Å². The monoisotopic (exact) mass is 251 g/mol. The highest BCUT2D eigenvalue weighted by atomic mass is 16.1. The van der Waals surface area contributed by atoms with Crippen molar-refractivity contribution in [1.29, 1.82) is 0 Å². The van der Waals surface area contributed by atoms with Gasteiger partial charge in [-0.3, -0.25) is 9.78 Å². The number of pyridine rings is 1. The molecule has 2 aromatic heterocycles. The highest BCUT2D eigenvalue weighted by Gasteiger charge is 2.07. The van der Waals surface area contributed by atoms with Gasteiger partial charge in [0.1, 0.15) is 0 Å². The van der Waals surface area contributed by atoms with E-state index in [9.17, 15) is 4.79 Å². The SMILES string of the molecule is Cc1cncc(NC(=O)c2ccc3[nH]ccc3c2)c1. The maximum Gasteiger partial charge on any atom is 0.255 e. The Morgan fingerprint density at radius 1 is 1.21 bits per heavy atom. The summed E-state index contributed by atoms with van der Waals surface area (Å²) in [5, 5.41) is 3.87. The second-order valence-corrected chi connectivity index (χ2v) is 4.48. The minimum absolute atomic E-state index is 0.129. The number of anilines is 1. The Kier molecular flexibility index (Phi) is 2.76. The fraction of sp³-hybridized carbons (Fsp3) is 0.0667. The van der Waals surface area contributed by atoms with Crippen LogP contribution in [0.2, 0.25) is 0 Å². The first-order valence-corrected chi connectivity index (χ1v) is 6.02. The molecule has 0 aliphatic rings. The lowest BCUT2D eigenvalue weighted by Gasteiger charge is -2.05. The van der Waals surface area contributed by atoms with Crippen LogP contribution >= 0.6 is 0 Å². The maximum atomic E-state index is 12.1. The van der Waals surface area contributed by atoms with Crippen molar-refractivity contribution in [3.05, 3.63) is 60.0 Å². The van der Waals surface area contributed by atoms with E-state index >= 15 is 0 Å². The van der Waals surface area contributed by atoms with Gasteiger partial charge >= 0.3 is 0 Å². The van der Waals surface area contributed by atoms with Crippen molar-refractivity contribution in [2.75, 3.05) is 5.32 Å². The third kappa shape index (κ3) is 2.33. The molecule has 4 nitrogen and oxygen atoms in total. The highest BCUT2D eigenvalue weighted by Crippen LogP contribution is 2.16. The molecule has 1 amide bonds. The molecule has 2 heterocycles. The molecule has 0 atom stereocenters. The molecule has 3 rings (SSSR count). The largest absolute Gasteiger partial charge is 0.361 e. The first-order chi connectivity index (χ1) is 9.22. The normalized spacial score (nSPS) is 10.6. The first-order valence-electron chi connectivity index (χ1n) is 6.02. The number of H-pyrrole nitrogens is 1. The fourth-order valence-electron chi connectivity index (χ4n) is 2.02. The Hall–Kier alpha value is -2.62. The number of nitrogens with zero attached hydrogens (tertiary/aromatic N) is 1. The molecular formula is C15H13N3O. The zero-order chi connectivity index (χ0) is 13.2. The van der Waals surface area contributed by atoms with E-state index in [1.165, 1.54) is 0 Å². The van der Waals surface area contributed by atoms with Crippen molar-refractivity contribution in [3.63, 3.8) is 0 Å². The van der Waals surface area contributed by atoms with Gasteiger partial charge < -0.3 is 10.3 Å². The lowest BCUT2D eigenvalue weighted by atomic mass is 10.1. The molecular weight excluding hydrogens is 238 g/mol. The van der Waals surface area contributed by atoms with Crippen LogP contribution in [0.5, 0.6) is 0 Å². The number of carbonyl (C=O) groups is 1. The van der Waals surface area contributed by atoms with Gasteiger partial charge in [0.15, 0.2) is 0 Å². The molecule has 0 fully saturated rings. The van der Waals surface area contributed by atoms with Crippen LogP contribution in [0.4, 0.5) is 5.69 Å². The smallest absolute Gasteiger partial charge is 0.255 e. The molecule has 3 aromatic rings. The van der Waals surface area contributed by atoms with Gasteiger partial charge in [0.25, 0.3) is 5.91 Å². The number of carbonyl (C=O) groups excluding carboxylic acids is 1. The lowest BCUT2D eigenvalue weighted by molar-refractivity contribution is 0.102. The average Bonchev–Trinajstić information content (AvgIpc) is 2.85. The lowest BCUT2D eigenvalue weighted by Crippen LogP contribution is -2.11. The zero-order valence-electron chi connectivity index (χ0n) is 10.5. The third-order valence-electron chi connectivity index (χ3n) is 2.95. The summed E-state index contributed by atoms with van der Waals surface area (Å²) in [5.41, 5.74) is 3.38. The molecule has 0 bridgehead atoms. The summed E-state index contributed by atoms with van der Waals surface area (Å²) in [4.78, 5) is 19.3. The van der Waals surface area contributed by atoms with Crippen molar-refractivity contribution < 1.29 is 4.79 Å². The summed E-state index contributed by atoms with van der Waals surface area (Å²) in [5.74, 6) is -0.129. The van der Waals surface area contributed by atoms with Gasteiger partial charge in [-0.05, 0) is 42.8 Å². The minimum atomic E-state index is -0.129. The van der Waals surface area contributed by atoms with E-state index in [1.807, 2.05) is 37.4 Å². The number of fused-ring (bicyclic) bond motifs is 1. The summed E-state index contributed by atoms with van der Waals surface area (Å²) >= 11 is 0.